The summed E-state index contributed by atoms with van der Waals surface area (Å²) < 4.78 is 2.51. The van der Waals surface area contributed by atoms with Crippen LogP contribution in [0.15, 0.2) is 28.9 Å². The maximum absolute atomic E-state index is 10.4. The van der Waals surface area contributed by atoms with E-state index >= 15 is 0 Å². The van der Waals surface area contributed by atoms with Crippen molar-refractivity contribution in [1.29, 1.82) is 0 Å². The fourth-order valence-electron chi connectivity index (χ4n) is 1.83. The van der Waals surface area contributed by atoms with Gasteiger partial charge in [-0.3, -0.25) is 4.68 Å². The lowest BCUT2D eigenvalue weighted by molar-refractivity contribution is 0.209. The van der Waals surface area contributed by atoms with Gasteiger partial charge in [0.2, 0.25) is 0 Å². The van der Waals surface area contributed by atoms with Gasteiger partial charge < -0.3 is 10.8 Å². The quantitative estimate of drug-likeness (QED) is 0.850. The summed E-state index contributed by atoms with van der Waals surface area (Å²) in [4.78, 5) is 0. The second-order valence-electron chi connectivity index (χ2n) is 3.87. The van der Waals surface area contributed by atoms with Crippen LogP contribution in [0.2, 0.25) is 5.02 Å². The van der Waals surface area contributed by atoms with Crippen LogP contribution in [0.4, 0.5) is 5.69 Å². The van der Waals surface area contributed by atoms with Gasteiger partial charge in [-0.2, -0.15) is 5.10 Å². The molecule has 1 aromatic carbocycles. The van der Waals surface area contributed by atoms with Crippen LogP contribution in [0.1, 0.15) is 24.3 Å². The number of aryl methyl sites for hydroxylation is 1. The van der Waals surface area contributed by atoms with Crippen LogP contribution in [-0.2, 0) is 6.54 Å². The number of anilines is 1. The topological polar surface area (TPSA) is 64.1 Å². The van der Waals surface area contributed by atoms with Crippen molar-refractivity contribution >= 4 is 33.2 Å². The van der Waals surface area contributed by atoms with Crippen LogP contribution in [-0.4, -0.2) is 14.9 Å². The molecule has 0 aliphatic heterocycles. The van der Waals surface area contributed by atoms with E-state index in [-0.39, 0.29) is 0 Å². The Balaban J connectivity index is 2.50. The van der Waals surface area contributed by atoms with Crippen LogP contribution < -0.4 is 5.73 Å². The number of hydrogen-bond donors (Lipinski definition) is 2. The van der Waals surface area contributed by atoms with E-state index in [2.05, 4.69) is 21.0 Å². The average Bonchev–Trinajstić information content (AvgIpc) is 2.72. The number of aliphatic hydroxyl groups excluding tert-OH is 1. The van der Waals surface area contributed by atoms with Gasteiger partial charge in [0.1, 0.15) is 6.10 Å². The summed E-state index contributed by atoms with van der Waals surface area (Å²) in [6.45, 7) is 2.57. The maximum Gasteiger partial charge on any atom is 0.124 e. The molecule has 0 saturated heterocycles. The van der Waals surface area contributed by atoms with E-state index in [0.717, 1.165) is 4.47 Å². The number of nitrogens with two attached hydrogens (primary N) is 1. The number of aromatic nitrogens is 2. The van der Waals surface area contributed by atoms with Gasteiger partial charge in [0, 0.05) is 22.3 Å². The molecule has 1 aromatic heterocycles. The minimum Gasteiger partial charge on any atom is -0.398 e. The highest BCUT2D eigenvalue weighted by molar-refractivity contribution is 9.10. The largest absolute Gasteiger partial charge is 0.398 e. The van der Waals surface area contributed by atoms with Crippen molar-refractivity contribution in [3.05, 3.63) is 45.1 Å². The van der Waals surface area contributed by atoms with E-state index in [9.17, 15) is 5.11 Å². The number of benzene rings is 1. The highest BCUT2D eigenvalue weighted by Crippen LogP contribution is 2.32. The van der Waals surface area contributed by atoms with E-state index in [1.807, 2.05) is 13.0 Å². The normalized spacial score (nSPS) is 12.7. The Kier molecular flexibility index (Phi) is 3.94. The number of nitrogen functional groups attached to an aromatic ring is 1. The molecule has 0 bridgehead atoms. The molecule has 6 heteroatoms. The molecule has 0 amide bonds. The van der Waals surface area contributed by atoms with Gasteiger partial charge >= 0.3 is 0 Å². The molecule has 0 radical (unpaired) electrons. The standard InChI is InChI=1S/C12H13BrClN3O/c1-2-17-11(9(14)6-16-17)12(18)8-5-7(13)3-4-10(8)15/h3-6,12,18H,2,15H2,1H3. The number of nitrogens with zero attached hydrogens (tertiary/aromatic N) is 2. The Bertz CT molecular complexity index is 570. The maximum atomic E-state index is 10.4. The molecule has 2 aromatic rings. The summed E-state index contributed by atoms with van der Waals surface area (Å²) in [7, 11) is 0. The lowest BCUT2D eigenvalue weighted by Gasteiger charge is -2.16. The Labute approximate surface area is 118 Å². The third kappa shape index (κ3) is 2.39. The molecular weight excluding hydrogens is 318 g/mol. The smallest absolute Gasteiger partial charge is 0.124 e. The molecule has 1 unspecified atom stereocenters. The lowest BCUT2D eigenvalue weighted by atomic mass is 10.0. The van der Waals surface area contributed by atoms with Gasteiger partial charge in [0.15, 0.2) is 0 Å². The van der Waals surface area contributed by atoms with Crippen LogP contribution in [0.5, 0.6) is 0 Å². The highest BCUT2D eigenvalue weighted by Gasteiger charge is 2.21. The molecule has 4 nitrogen and oxygen atoms in total. The fraction of sp³-hybridized carbons (Fsp3) is 0.250. The molecular formula is C12H13BrClN3O. The Morgan fingerprint density at radius 2 is 2.28 bits per heavy atom. The van der Waals surface area contributed by atoms with Gasteiger partial charge in [0.25, 0.3) is 0 Å². The predicted octanol–water partition coefficient (Wildman–Crippen LogP) is 2.98. The molecule has 3 N–H and O–H groups in total. The van der Waals surface area contributed by atoms with Crippen molar-refractivity contribution in [1.82, 2.24) is 9.78 Å². The molecule has 1 atom stereocenters. The van der Waals surface area contributed by atoms with Gasteiger partial charge in [-0.25, -0.2) is 0 Å². The molecule has 0 aliphatic rings. The summed E-state index contributed by atoms with van der Waals surface area (Å²) in [5.41, 5.74) is 7.58. The van der Waals surface area contributed by atoms with Crippen molar-refractivity contribution in [2.24, 2.45) is 0 Å². The molecule has 0 fully saturated rings. The van der Waals surface area contributed by atoms with E-state index in [1.165, 1.54) is 6.20 Å². The zero-order valence-electron chi connectivity index (χ0n) is 9.77. The van der Waals surface area contributed by atoms with Crippen molar-refractivity contribution in [3.63, 3.8) is 0 Å². The molecule has 0 spiro atoms. The first-order valence-corrected chi connectivity index (χ1v) is 6.66. The van der Waals surface area contributed by atoms with Crippen molar-refractivity contribution in [2.45, 2.75) is 19.6 Å². The predicted molar refractivity (Wildman–Crippen MR) is 75.5 cm³/mol. The van der Waals surface area contributed by atoms with Gasteiger partial charge in [-0.05, 0) is 25.1 Å². The van der Waals surface area contributed by atoms with E-state index in [1.54, 1.807) is 16.8 Å². The SMILES string of the molecule is CCn1ncc(Cl)c1C(O)c1cc(Br)ccc1N. The molecule has 18 heavy (non-hydrogen) atoms. The first-order chi connectivity index (χ1) is 8.54. The van der Waals surface area contributed by atoms with Crippen LogP contribution >= 0.6 is 27.5 Å². The number of aliphatic hydroxyl groups is 1. The summed E-state index contributed by atoms with van der Waals surface area (Å²) >= 11 is 9.42. The monoisotopic (exact) mass is 329 g/mol. The Morgan fingerprint density at radius 3 is 2.94 bits per heavy atom. The first-order valence-electron chi connectivity index (χ1n) is 5.48. The minimum atomic E-state index is -0.891. The Morgan fingerprint density at radius 1 is 1.56 bits per heavy atom. The number of hydrogen-bond acceptors (Lipinski definition) is 3. The van der Waals surface area contributed by atoms with Crippen molar-refractivity contribution < 1.29 is 5.11 Å². The lowest BCUT2D eigenvalue weighted by Crippen LogP contribution is -2.11. The third-order valence-electron chi connectivity index (χ3n) is 2.74. The zero-order chi connectivity index (χ0) is 13.3. The van der Waals surface area contributed by atoms with E-state index < -0.39 is 6.10 Å². The summed E-state index contributed by atoms with van der Waals surface area (Å²) in [6, 6.07) is 5.34. The second kappa shape index (κ2) is 5.30. The summed E-state index contributed by atoms with van der Waals surface area (Å²) in [6.07, 6.45) is 0.634. The minimum absolute atomic E-state index is 0.434. The summed E-state index contributed by atoms with van der Waals surface area (Å²) in [5, 5.41) is 15.0. The van der Waals surface area contributed by atoms with E-state index in [0.29, 0.717) is 28.5 Å². The molecule has 0 aliphatic carbocycles. The Hall–Kier alpha value is -1.04. The zero-order valence-corrected chi connectivity index (χ0v) is 12.1. The number of rotatable bonds is 3. The van der Waals surface area contributed by atoms with Crippen LogP contribution in [0.3, 0.4) is 0 Å². The van der Waals surface area contributed by atoms with Crippen molar-refractivity contribution in [3.8, 4) is 0 Å². The van der Waals surface area contributed by atoms with Gasteiger partial charge in [0.05, 0.1) is 16.9 Å². The third-order valence-corrected chi connectivity index (χ3v) is 3.52. The van der Waals surface area contributed by atoms with E-state index in [4.69, 9.17) is 17.3 Å². The average molecular weight is 331 g/mol. The first kappa shape index (κ1) is 13.4. The van der Waals surface area contributed by atoms with Crippen LogP contribution in [0.25, 0.3) is 0 Å². The van der Waals surface area contributed by atoms with Crippen molar-refractivity contribution in [2.75, 3.05) is 5.73 Å². The van der Waals surface area contributed by atoms with Gasteiger partial charge in [-0.15, -0.1) is 0 Å². The molecule has 1 heterocycles. The number of halogens is 2. The van der Waals surface area contributed by atoms with Crippen LogP contribution in [0, 0.1) is 0 Å². The molecule has 2 rings (SSSR count). The molecule has 96 valence electrons. The fourth-order valence-corrected chi connectivity index (χ4v) is 2.45. The second-order valence-corrected chi connectivity index (χ2v) is 5.19. The molecule has 0 saturated carbocycles. The summed E-state index contributed by atoms with van der Waals surface area (Å²) in [5.74, 6) is 0. The highest BCUT2D eigenvalue weighted by atomic mass is 79.9. The van der Waals surface area contributed by atoms with Gasteiger partial charge in [-0.1, -0.05) is 27.5 Å².